The van der Waals surface area contributed by atoms with Crippen molar-refractivity contribution >= 4 is 16.9 Å². The lowest BCUT2D eigenvalue weighted by Gasteiger charge is -2.32. The Labute approximate surface area is 105 Å². The van der Waals surface area contributed by atoms with Crippen LogP contribution in [0.3, 0.4) is 0 Å². The summed E-state index contributed by atoms with van der Waals surface area (Å²) in [5.41, 5.74) is 0.293. The van der Waals surface area contributed by atoms with Crippen molar-refractivity contribution in [2.45, 2.75) is 66.0 Å². The van der Waals surface area contributed by atoms with Crippen molar-refractivity contribution in [1.29, 1.82) is 0 Å². The Kier molecular flexibility index (Phi) is 5.16. The lowest BCUT2D eigenvalue weighted by molar-refractivity contribution is 0.315. The largest absolute Gasteiger partial charge is 0.362 e. The topological polar surface area (TPSA) is 24.4 Å². The second-order valence-corrected chi connectivity index (χ2v) is 6.69. The summed E-state index contributed by atoms with van der Waals surface area (Å²) in [5, 5.41) is 4.74. The fourth-order valence-electron chi connectivity index (χ4n) is 1.88. The van der Waals surface area contributed by atoms with E-state index in [1.165, 1.54) is 30.2 Å². The van der Waals surface area contributed by atoms with Gasteiger partial charge in [0.1, 0.15) is 0 Å². The standard InChI is InChI=1S/C13H26N2S/c1-6-10(7-2)14-12-15-11(8-9-16-12)13(3,4)5/h10-11H,6-9H2,1-5H3,(H,14,15). The van der Waals surface area contributed by atoms with Gasteiger partial charge in [-0.3, -0.25) is 4.99 Å². The minimum atomic E-state index is 0.293. The van der Waals surface area contributed by atoms with Crippen LogP contribution in [0.5, 0.6) is 0 Å². The lowest BCUT2D eigenvalue weighted by Crippen LogP contribution is -2.37. The van der Waals surface area contributed by atoms with Crippen molar-refractivity contribution in [3.8, 4) is 0 Å². The fraction of sp³-hybridized carbons (Fsp3) is 0.923. The zero-order valence-electron chi connectivity index (χ0n) is 11.3. The van der Waals surface area contributed by atoms with Gasteiger partial charge in [-0.05, 0) is 24.7 Å². The van der Waals surface area contributed by atoms with Crippen molar-refractivity contribution in [1.82, 2.24) is 5.32 Å². The minimum absolute atomic E-state index is 0.293. The molecule has 0 bridgehead atoms. The Hall–Kier alpha value is -0.180. The Morgan fingerprint density at radius 3 is 2.50 bits per heavy atom. The molecule has 0 aromatic carbocycles. The van der Waals surface area contributed by atoms with E-state index in [0.29, 0.717) is 17.5 Å². The molecule has 0 amide bonds. The van der Waals surface area contributed by atoms with Gasteiger partial charge in [0.15, 0.2) is 5.17 Å². The van der Waals surface area contributed by atoms with Crippen molar-refractivity contribution in [3.63, 3.8) is 0 Å². The van der Waals surface area contributed by atoms with Crippen molar-refractivity contribution in [2.24, 2.45) is 10.4 Å². The summed E-state index contributed by atoms with van der Waals surface area (Å²) >= 11 is 1.88. The third-order valence-corrected chi connectivity index (χ3v) is 4.15. The van der Waals surface area contributed by atoms with Crippen molar-refractivity contribution in [2.75, 3.05) is 5.75 Å². The molecular formula is C13H26N2S. The highest BCUT2D eigenvalue weighted by molar-refractivity contribution is 8.13. The quantitative estimate of drug-likeness (QED) is 0.816. The average molecular weight is 242 g/mol. The van der Waals surface area contributed by atoms with Crippen LogP contribution < -0.4 is 5.32 Å². The molecule has 2 nitrogen and oxygen atoms in total. The molecule has 0 aromatic rings. The summed E-state index contributed by atoms with van der Waals surface area (Å²) < 4.78 is 0. The van der Waals surface area contributed by atoms with Crippen LogP contribution in [0.25, 0.3) is 0 Å². The van der Waals surface area contributed by atoms with E-state index in [-0.39, 0.29) is 0 Å². The third kappa shape index (κ3) is 4.00. The molecule has 0 saturated carbocycles. The monoisotopic (exact) mass is 242 g/mol. The molecule has 0 aliphatic carbocycles. The first kappa shape index (κ1) is 13.9. The van der Waals surface area contributed by atoms with E-state index in [4.69, 9.17) is 4.99 Å². The molecule has 1 aliphatic rings. The number of nitrogens with zero attached hydrogens (tertiary/aromatic N) is 1. The van der Waals surface area contributed by atoms with E-state index >= 15 is 0 Å². The van der Waals surface area contributed by atoms with Gasteiger partial charge in [0, 0.05) is 11.8 Å². The van der Waals surface area contributed by atoms with Gasteiger partial charge < -0.3 is 5.32 Å². The maximum atomic E-state index is 4.86. The van der Waals surface area contributed by atoms with E-state index in [1.807, 2.05) is 11.8 Å². The van der Waals surface area contributed by atoms with E-state index in [9.17, 15) is 0 Å². The zero-order valence-corrected chi connectivity index (χ0v) is 12.2. The van der Waals surface area contributed by atoms with E-state index in [1.54, 1.807) is 0 Å². The molecule has 1 N–H and O–H groups in total. The molecular weight excluding hydrogens is 216 g/mol. The fourth-order valence-corrected chi connectivity index (χ4v) is 2.87. The maximum Gasteiger partial charge on any atom is 0.157 e. The highest BCUT2D eigenvalue weighted by Gasteiger charge is 2.27. The molecule has 1 aliphatic heterocycles. The zero-order chi connectivity index (χ0) is 12.2. The number of hydrogen-bond donors (Lipinski definition) is 1. The van der Waals surface area contributed by atoms with Gasteiger partial charge in [0.2, 0.25) is 0 Å². The SMILES string of the molecule is CCC(CC)NC1=NC(C(C)(C)C)CCS1. The van der Waals surface area contributed by atoms with Crippen LogP contribution in [-0.2, 0) is 0 Å². The Bertz CT molecular complexity index is 239. The number of amidine groups is 1. The summed E-state index contributed by atoms with van der Waals surface area (Å²) in [6.07, 6.45) is 3.56. The number of nitrogens with one attached hydrogen (secondary N) is 1. The van der Waals surface area contributed by atoms with Crippen LogP contribution in [-0.4, -0.2) is 23.0 Å². The number of aliphatic imine (C=N–C) groups is 1. The van der Waals surface area contributed by atoms with Gasteiger partial charge in [-0.2, -0.15) is 0 Å². The van der Waals surface area contributed by atoms with Gasteiger partial charge in [0.25, 0.3) is 0 Å². The van der Waals surface area contributed by atoms with E-state index in [2.05, 4.69) is 39.9 Å². The molecule has 3 heteroatoms. The molecule has 0 aromatic heterocycles. The lowest BCUT2D eigenvalue weighted by atomic mass is 9.85. The van der Waals surface area contributed by atoms with Crippen LogP contribution in [0.15, 0.2) is 4.99 Å². The highest BCUT2D eigenvalue weighted by Crippen LogP contribution is 2.30. The maximum absolute atomic E-state index is 4.86. The Morgan fingerprint density at radius 1 is 1.38 bits per heavy atom. The summed E-state index contributed by atoms with van der Waals surface area (Å²) in [4.78, 5) is 4.86. The molecule has 1 atom stereocenters. The molecule has 0 fully saturated rings. The molecule has 1 rings (SSSR count). The first-order chi connectivity index (χ1) is 7.47. The normalized spacial score (nSPS) is 22.1. The molecule has 1 heterocycles. The number of rotatable bonds is 3. The number of hydrogen-bond acceptors (Lipinski definition) is 3. The second-order valence-electron chi connectivity index (χ2n) is 5.61. The Morgan fingerprint density at radius 2 is 2.00 bits per heavy atom. The first-order valence-corrected chi connectivity index (χ1v) is 7.43. The Balaban J connectivity index is 2.62. The predicted octanol–water partition coefficient (Wildman–Crippen LogP) is 3.67. The van der Waals surface area contributed by atoms with Gasteiger partial charge in [0.05, 0.1) is 6.04 Å². The molecule has 94 valence electrons. The van der Waals surface area contributed by atoms with E-state index in [0.717, 1.165) is 0 Å². The first-order valence-electron chi connectivity index (χ1n) is 6.44. The van der Waals surface area contributed by atoms with Crippen LogP contribution in [0.2, 0.25) is 0 Å². The molecule has 1 unspecified atom stereocenters. The second kappa shape index (κ2) is 5.95. The van der Waals surface area contributed by atoms with Crippen molar-refractivity contribution in [3.05, 3.63) is 0 Å². The van der Waals surface area contributed by atoms with Crippen LogP contribution in [0, 0.1) is 5.41 Å². The molecule has 0 radical (unpaired) electrons. The summed E-state index contributed by atoms with van der Waals surface area (Å²) in [6.45, 7) is 11.3. The van der Waals surface area contributed by atoms with Crippen LogP contribution in [0.4, 0.5) is 0 Å². The molecule has 0 spiro atoms. The third-order valence-electron chi connectivity index (χ3n) is 3.22. The molecule has 16 heavy (non-hydrogen) atoms. The van der Waals surface area contributed by atoms with Gasteiger partial charge in [-0.15, -0.1) is 0 Å². The summed E-state index contributed by atoms with van der Waals surface area (Å²) in [6, 6.07) is 1.07. The highest BCUT2D eigenvalue weighted by atomic mass is 32.2. The smallest absolute Gasteiger partial charge is 0.157 e. The van der Waals surface area contributed by atoms with Gasteiger partial charge in [-0.25, -0.2) is 0 Å². The minimum Gasteiger partial charge on any atom is -0.362 e. The van der Waals surface area contributed by atoms with Crippen LogP contribution in [0.1, 0.15) is 53.9 Å². The van der Waals surface area contributed by atoms with Gasteiger partial charge in [-0.1, -0.05) is 46.4 Å². The summed E-state index contributed by atoms with van der Waals surface area (Å²) in [5.74, 6) is 1.20. The van der Waals surface area contributed by atoms with E-state index < -0.39 is 0 Å². The average Bonchev–Trinajstić information content (AvgIpc) is 2.25. The van der Waals surface area contributed by atoms with Crippen molar-refractivity contribution < 1.29 is 0 Å². The molecule has 0 saturated heterocycles. The number of thioether (sulfide) groups is 1. The van der Waals surface area contributed by atoms with Gasteiger partial charge >= 0.3 is 0 Å². The predicted molar refractivity (Wildman–Crippen MR) is 75.3 cm³/mol. The summed E-state index contributed by atoms with van der Waals surface area (Å²) in [7, 11) is 0. The van der Waals surface area contributed by atoms with Crippen LogP contribution >= 0.6 is 11.8 Å².